The van der Waals surface area contributed by atoms with Gasteiger partial charge in [-0.1, -0.05) is 60.7 Å². The molecule has 0 amide bonds. The lowest BCUT2D eigenvalue weighted by atomic mass is 10.0. The van der Waals surface area contributed by atoms with E-state index >= 15 is 0 Å². The van der Waals surface area contributed by atoms with Gasteiger partial charge in [-0.05, 0) is 46.4 Å². The Morgan fingerprint density at radius 2 is 1.62 bits per heavy atom. The number of hydrogen-bond donors (Lipinski definition) is 0. The van der Waals surface area contributed by atoms with E-state index in [1.54, 1.807) is 0 Å². The van der Waals surface area contributed by atoms with E-state index in [9.17, 15) is 4.79 Å². The van der Waals surface area contributed by atoms with Crippen LogP contribution in [0, 0.1) is 0 Å². The molecule has 3 nitrogen and oxygen atoms in total. The third-order valence-corrected chi connectivity index (χ3v) is 6.68. The number of ether oxygens (including phenoxy) is 1. The molecule has 0 aliphatic carbocycles. The molecule has 0 saturated carbocycles. The van der Waals surface area contributed by atoms with Crippen LogP contribution in [-0.2, 0) is 4.74 Å². The van der Waals surface area contributed by atoms with Crippen LogP contribution in [0.1, 0.15) is 36.5 Å². The predicted octanol–water partition coefficient (Wildman–Crippen LogP) is 4.77. The molecule has 24 heavy (non-hydrogen) atoms. The van der Waals surface area contributed by atoms with Crippen molar-refractivity contribution in [2.75, 3.05) is 6.54 Å². The standard InChI is InChI=1S/C20H21NO2S/c22-20(24-15-7-12-18-13-14-21(18)24)23-19(16-8-3-1-4-9-16)17-10-5-2-6-11-17/h1-6,8-11,15,18-19H,7,12-14H2. The Balaban J connectivity index is 1.60. The van der Waals surface area contributed by atoms with Gasteiger partial charge in [-0.3, -0.25) is 0 Å². The van der Waals surface area contributed by atoms with Crippen molar-refractivity contribution in [3.05, 3.63) is 71.8 Å². The minimum Gasteiger partial charge on any atom is -0.444 e. The van der Waals surface area contributed by atoms with E-state index in [2.05, 4.69) is 9.67 Å². The average molecular weight is 339 g/mol. The number of nitrogens with zero attached hydrogens (tertiary/aromatic N) is 1. The minimum absolute atomic E-state index is 0.0999. The Morgan fingerprint density at radius 1 is 1.00 bits per heavy atom. The van der Waals surface area contributed by atoms with E-state index in [-0.39, 0.29) is 11.4 Å². The van der Waals surface area contributed by atoms with E-state index in [0.717, 1.165) is 24.1 Å². The largest absolute Gasteiger partial charge is 0.444 e. The molecule has 1 fully saturated rings. The van der Waals surface area contributed by atoms with Gasteiger partial charge in [0.25, 0.3) is 0 Å². The van der Waals surface area contributed by atoms with Gasteiger partial charge < -0.3 is 4.74 Å². The van der Waals surface area contributed by atoms with Crippen LogP contribution < -0.4 is 0 Å². The summed E-state index contributed by atoms with van der Waals surface area (Å²) in [4.78, 5) is 12.9. The predicted molar refractivity (Wildman–Crippen MR) is 99.2 cm³/mol. The zero-order chi connectivity index (χ0) is 16.4. The summed E-state index contributed by atoms with van der Waals surface area (Å²) in [6, 6.07) is 20.6. The van der Waals surface area contributed by atoms with Crippen LogP contribution in [0.2, 0.25) is 0 Å². The van der Waals surface area contributed by atoms with Crippen molar-refractivity contribution < 1.29 is 9.53 Å². The molecule has 124 valence electrons. The number of rotatable bonds is 3. The van der Waals surface area contributed by atoms with Gasteiger partial charge >= 0.3 is 5.30 Å². The number of hydrogen-bond acceptors (Lipinski definition) is 3. The zero-order valence-corrected chi connectivity index (χ0v) is 14.3. The van der Waals surface area contributed by atoms with Gasteiger partial charge in [0.15, 0.2) is 6.10 Å². The van der Waals surface area contributed by atoms with Crippen LogP contribution in [0.5, 0.6) is 0 Å². The molecule has 2 aromatic carbocycles. The third kappa shape index (κ3) is 3.04. The molecule has 4 rings (SSSR count). The average Bonchev–Trinajstić information content (AvgIpc) is 2.62. The molecule has 2 heterocycles. The van der Waals surface area contributed by atoms with Crippen molar-refractivity contribution in [2.45, 2.75) is 31.4 Å². The maximum Gasteiger partial charge on any atom is 0.376 e. The highest BCUT2D eigenvalue weighted by Crippen LogP contribution is 2.40. The molecule has 2 aliphatic rings. The SMILES string of the molecule is O=C(OC(c1ccccc1)c1ccccc1)S1=CCCC2CCN21. The lowest BCUT2D eigenvalue weighted by Crippen LogP contribution is -2.46. The first kappa shape index (κ1) is 15.6. The fourth-order valence-electron chi connectivity index (χ4n) is 3.33. The number of carbonyl (C=O) groups excluding carboxylic acids is 1. The molecule has 4 heteroatoms. The summed E-state index contributed by atoms with van der Waals surface area (Å²) in [5.41, 5.74) is 2.02. The minimum atomic E-state index is -0.498. The maximum absolute atomic E-state index is 12.9. The fraction of sp³-hybridized carbons (Fsp3) is 0.300. The Labute approximate surface area is 145 Å². The van der Waals surface area contributed by atoms with Crippen molar-refractivity contribution in [1.29, 1.82) is 0 Å². The summed E-state index contributed by atoms with van der Waals surface area (Å²) >= 11 is 0. The molecule has 2 aliphatic heterocycles. The summed E-state index contributed by atoms with van der Waals surface area (Å²) in [6.45, 7) is 1.01. The summed E-state index contributed by atoms with van der Waals surface area (Å²) in [7, 11) is -0.498. The second kappa shape index (κ2) is 6.91. The summed E-state index contributed by atoms with van der Waals surface area (Å²) in [6.07, 6.45) is 3.06. The lowest BCUT2D eigenvalue weighted by molar-refractivity contribution is 0.139. The van der Waals surface area contributed by atoms with E-state index in [1.807, 2.05) is 60.7 Å². The second-order valence-electron chi connectivity index (χ2n) is 6.21. The molecule has 2 unspecified atom stereocenters. The molecule has 0 N–H and O–H groups in total. The van der Waals surface area contributed by atoms with Gasteiger partial charge in [-0.2, -0.15) is 0 Å². The van der Waals surface area contributed by atoms with Gasteiger partial charge in [0.2, 0.25) is 0 Å². The molecule has 1 saturated heterocycles. The summed E-state index contributed by atoms with van der Waals surface area (Å²) < 4.78 is 8.32. The van der Waals surface area contributed by atoms with Gasteiger partial charge in [0.1, 0.15) is 0 Å². The quantitative estimate of drug-likeness (QED) is 0.596. The van der Waals surface area contributed by atoms with Crippen molar-refractivity contribution >= 4 is 21.3 Å². The smallest absolute Gasteiger partial charge is 0.376 e. The van der Waals surface area contributed by atoms with Gasteiger partial charge in [0, 0.05) is 12.6 Å². The molecular weight excluding hydrogens is 318 g/mol. The van der Waals surface area contributed by atoms with E-state index < -0.39 is 10.7 Å². The monoisotopic (exact) mass is 339 g/mol. The van der Waals surface area contributed by atoms with Crippen LogP contribution in [0.3, 0.4) is 0 Å². The highest BCUT2D eigenvalue weighted by molar-refractivity contribution is 8.25. The molecule has 2 aromatic rings. The van der Waals surface area contributed by atoms with Gasteiger partial charge in [0.05, 0.1) is 0 Å². The third-order valence-electron chi connectivity index (χ3n) is 4.71. The Kier molecular flexibility index (Phi) is 4.50. The zero-order valence-electron chi connectivity index (χ0n) is 13.5. The van der Waals surface area contributed by atoms with E-state index in [1.165, 1.54) is 12.8 Å². The van der Waals surface area contributed by atoms with Gasteiger partial charge in [-0.15, -0.1) is 0 Å². The van der Waals surface area contributed by atoms with Crippen molar-refractivity contribution in [2.24, 2.45) is 0 Å². The van der Waals surface area contributed by atoms with Crippen LogP contribution >= 0.6 is 10.7 Å². The van der Waals surface area contributed by atoms with Crippen molar-refractivity contribution in [3.8, 4) is 0 Å². The Morgan fingerprint density at radius 3 is 2.17 bits per heavy atom. The highest BCUT2D eigenvalue weighted by Gasteiger charge is 2.36. The topological polar surface area (TPSA) is 29.5 Å². The van der Waals surface area contributed by atoms with E-state index in [4.69, 9.17) is 4.74 Å². The summed E-state index contributed by atoms with van der Waals surface area (Å²) in [5, 5.41) is 2.04. The van der Waals surface area contributed by atoms with Crippen LogP contribution in [0.15, 0.2) is 60.7 Å². The molecule has 0 spiro atoms. The first-order valence-corrected chi connectivity index (χ1v) is 9.71. The highest BCUT2D eigenvalue weighted by atomic mass is 32.2. The van der Waals surface area contributed by atoms with Crippen LogP contribution in [0.4, 0.5) is 4.79 Å². The normalized spacial score (nSPS) is 23.0. The number of carbonyl (C=O) groups is 1. The first-order valence-electron chi connectivity index (χ1n) is 8.46. The van der Waals surface area contributed by atoms with Crippen molar-refractivity contribution in [3.63, 3.8) is 0 Å². The van der Waals surface area contributed by atoms with Gasteiger partial charge in [-0.25, -0.2) is 9.10 Å². The first-order chi connectivity index (χ1) is 11.8. The molecule has 0 radical (unpaired) electrons. The van der Waals surface area contributed by atoms with Crippen LogP contribution in [0.25, 0.3) is 0 Å². The number of fused-ring (bicyclic) bond motifs is 1. The summed E-state index contributed by atoms with van der Waals surface area (Å²) in [5.74, 6) is 0. The molecule has 2 atom stereocenters. The molecule has 0 aromatic heterocycles. The molecule has 0 bridgehead atoms. The van der Waals surface area contributed by atoms with E-state index in [0.29, 0.717) is 6.04 Å². The molecular formula is C20H21NO2S. The maximum atomic E-state index is 12.9. The second-order valence-corrected chi connectivity index (χ2v) is 7.98. The Hall–Kier alpha value is -1.91. The van der Waals surface area contributed by atoms with Crippen molar-refractivity contribution in [1.82, 2.24) is 4.31 Å². The van der Waals surface area contributed by atoms with Crippen LogP contribution in [-0.4, -0.2) is 27.6 Å². The fourth-order valence-corrected chi connectivity index (χ4v) is 5.23. The number of benzene rings is 2. The Bertz CT molecular complexity index is 705. The lowest BCUT2D eigenvalue weighted by Gasteiger charge is -2.44.